The average molecular weight is 226 g/mol. The number of carbonyl (C=O) groups is 1. The molecule has 2 N–H and O–H groups in total. The van der Waals surface area contributed by atoms with Gasteiger partial charge < -0.3 is 10.5 Å². The molecule has 5 heteroatoms. The molecule has 1 heterocycles. The summed E-state index contributed by atoms with van der Waals surface area (Å²) in [5, 5.41) is 2.47. The number of hydrogen-bond acceptors (Lipinski definition) is 5. The van der Waals surface area contributed by atoms with Crippen molar-refractivity contribution in [2.45, 2.75) is 19.8 Å². The Morgan fingerprint density at radius 1 is 1.67 bits per heavy atom. The van der Waals surface area contributed by atoms with Gasteiger partial charge in [0.15, 0.2) is 5.13 Å². The van der Waals surface area contributed by atoms with Crippen LogP contribution in [0, 0.1) is 11.3 Å². The lowest BCUT2D eigenvalue weighted by atomic mass is 10.1. The molecule has 2 atom stereocenters. The monoisotopic (exact) mass is 226 g/mol. The molecule has 0 bridgehead atoms. The van der Waals surface area contributed by atoms with E-state index < -0.39 is 0 Å². The minimum atomic E-state index is -0.156. The number of methoxy groups -OCH3 is 1. The maximum atomic E-state index is 11.5. The normalized spacial score (nSPS) is 27.4. The van der Waals surface area contributed by atoms with Gasteiger partial charge in [0.05, 0.1) is 18.7 Å². The van der Waals surface area contributed by atoms with Crippen molar-refractivity contribution in [1.29, 1.82) is 0 Å². The van der Waals surface area contributed by atoms with Gasteiger partial charge in [0.1, 0.15) is 0 Å². The van der Waals surface area contributed by atoms with Gasteiger partial charge in [-0.1, -0.05) is 13.8 Å². The second-order valence-electron chi connectivity index (χ2n) is 4.41. The third-order valence-electron chi connectivity index (χ3n) is 3.14. The minimum Gasteiger partial charge on any atom is -0.469 e. The molecule has 1 aliphatic rings. The second-order valence-corrected chi connectivity index (χ2v) is 5.30. The van der Waals surface area contributed by atoms with E-state index in [1.54, 1.807) is 0 Å². The number of carbonyl (C=O) groups excluding carboxylic acids is 1. The van der Waals surface area contributed by atoms with Crippen LogP contribution in [0.1, 0.15) is 25.5 Å². The Kier molecular flexibility index (Phi) is 2.22. The van der Waals surface area contributed by atoms with Gasteiger partial charge in [-0.2, -0.15) is 0 Å². The number of thiazole rings is 1. The van der Waals surface area contributed by atoms with Crippen molar-refractivity contribution in [1.82, 2.24) is 4.98 Å². The fourth-order valence-electron chi connectivity index (χ4n) is 2.20. The molecule has 4 nitrogen and oxygen atoms in total. The van der Waals surface area contributed by atoms with E-state index in [1.807, 2.05) is 5.38 Å². The molecule has 1 saturated carbocycles. The third-order valence-corrected chi connectivity index (χ3v) is 3.83. The van der Waals surface area contributed by atoms with E-state index in [0.717, 1.165) is 5.69 Å². The van der Waals surface area contributed by atoms with Crippen molar-refractivity contribution < 1.29 is 9.53 Å². The highest BCUT2D eigenvalue weighted by atomic mass is 32.1. The highest BCUT2D eigenvalue weighted by Crippen LogP contribution is 2.64. The average Bonchev–Trinajstić information content (AvgIpc) is 2.55. The zero-order valence-electron chi connectivity index (χ0n) is 8.98. The molecule has 0 radical (unpaired) electrons. The van der Waals surface area contributed by atoms with Crippen LogP contribution in [0.5, 0.6) is 0 Å². The number of ether oxygens (including phenoxy) is 1. The standard InChI is InChI=1S/C10H14N2O2S/c1-10(2)6(7(10)8(13)14-3)5-4-15-9(11)12-5/h4,6-7H,1-3H3,(H2,11,12)/t6-,7-/m0/s1. The first kappa shape index (κ1) is 10.4. The number of nitrogens with zero attached hydrogens (tertiary/aromatic N) is 1. The zero-order chi connectivity index (χ0) is 11.2. The van der Waals surface area contributed by atoms with Gasteiger partial charge in [-0.3, -0.25) is 4.79 Å². The van der Waals surface area contributed by atoms with Crippen molar-refractivity contribution in [3.05, 3.63) is 11.1 Å². The molecule has 1 aliphatic carbocycles. The highest BCUT2D eigenvalue weighted by molar-refractivity contribution is 7.13. The summed E-state index contributed by atoms with van der Waals surface area (Å²) < 4.78 is 4.77. The number of esters is 1. The molecule has 0 aromatic carbocycles. The summed E-state index contributed by atoms with van der Waals surface area (Å²) in [5.74, 6) is -0.0842. The van der Waals surface area contributed by atoms with Gasteiger partial charge in [-0.25, -0.2) is 4.98 Å². The summed E-state index contributed by atoms with van der Waals surface area (Å²) in [6, 6.07) is 0. The van der Waals surface area contributed by atoms with Crippen LogP contribution in [0.15, 0.2) is 5.38 Å². The number of hydrogen-bond donors (Lipinski definition) is 1. The summed E-state index contributed by atoms with van der Waals surface area (Å²) in [6.45, 7) is 4.10. The number of rotatable bonds is 2. The zero-order valence-corrected chi connectivity index (χ0v) is 9.80. The Balaban J connectivity index is 2.23. The molecule has 0 saturated heterocycles. The maximum Gasteiger partial charge on any atom is 0.309 e. The molecular formula is C10H14N2O2S. The van der Waals surface area contributed by atoms with Crippen molar-refractivity contribution in [3.63, 3.8) is 0 Å². The van der Waals surface area contributed by atoms with Crippen LogP contribution in [0.3, 0.4) is 0 Å². The first-order valence-electron chi connectivity index (χ1n) is 4.77. The van der Waals surface area contributed by atoms with Crippen LogP contribution in [0.25, 0.3) is 0 Å². The molecule has 15 heavy (non-hydrogen) atoms. The molecule has 1 fully saturated rings. The maximum absolute atomic E-state index is 11.5. The molecule has 0 spiro atoms. The van der Waals surface area contributed by atoms with Gasteiger partial charge in [0.2, 0.25) is 0 Å². The minimum absolute atomic E-state index is 0.0619. The Hall–Kier alpha value is -1.10. The van der Waals surface area contributed by atoms with Gasteiger partial charge in [0.25, 0.3) is 0 Å². The van der Waals surface area contributed by atoms with E-state index in [4.69, 9.17) is 10.5 Å². The number of anilines is 1. The van der Waals surface area contributed by atoms with Crippen molar-refractivity contribution >= 4 is 22.4 Å². The van der Waals surface area contributed by atoms with Crippen LogP contribution in [-0.2, 0) is 9.53 Å². The summed E-state index contributed by atoms with van der Waals surface area (Å²) in [6.07, 6.45) is 0. The first-order chi connectivity index (χ1) is 6.98. The highest BCUT2D eigenvalue weighted by Gasteiger charge is 2.64. The SMILES string of the molecule is COC(=O)[C@@H]1[C@H](c2csc(N)n2)C1(C)C. The van der Waals surface area contributed by atoms with Crippen molar-refractivity contribution in [2.24, 2.45) is 11.3 Å². The molecule has 0 aliphatic heterocycles. The van der Waals surface area contributed by atoms with Crippen LogP contribution >= 0.6 is 11.3 Å². The molecule has 1 aromatic heterocycles. The number of aromatic nitrogens is 1. The summed E-state index contributed by atoms with van der Waals surface area (Å²) in [5.41, 5.74) is 6.43. The van der Waals surface area contributed by atoms with E-state index in [2.05, 4.69) is 18.8 Å². The largest absolute Gasteiger partial charge is 0.469 e. The van der Waals surface area contributed by atoms with Gasteiger partial charge in [0, 0.05) is 11.3 Å². The van der Waals surface area contributed by atoms with Gasteiger partial charge in [-0.05, 0) is 5.41 Å². The summed E-state index contributed by atoms with van der Waals surface area (Å²) >= 11 is 1.41. The third kappa shape index (κ3) is 1.51. The van der Waals surface area contributed by atoms with Gasteiger partial charge >= 0.3 is 5.97 Å². The second kappa shape index (κ2) is 3.20. The van der Waals surface area contributed by atoms with Crippen LogP contribution in [0.2, 0.25) is 0 Å². The van der Waals surface area contributed by atoms with Crippen molar-refractivity contribution in [2.75, 3.05) is 12.8 Å². The smallest absolute Gasteiger partial charge is 0.309 e. The van der Waals surface area contributed by atoms with Crippen LogP contribution < -0.4 is 5.73 Å². The van der Waals surface area contributed by atoms with Crippen molar-refractivity contribution in [3.8, 4) is 0 Å². The molecule has 0 amide bonds. The summed E-state index contributed by atoms with van der Waals surface area (Å²) in [4.78, 5) is 15.7. The Morgan fingerprint density at radius 2 is 2.33 bits per heavy atom. The molecule has 2 rings (SSSR count). The summed E-state index contributed by atoms with van der Waals surface area (Å²) in [7, 11) is 1.42. The Labute approximate surface area is 92.5 Å². The van der Waals surface area contributed by atoms with E-state index in [-0.39, 0.29) is 23.2 Å². The predicted octanol–water partition coefficient (Wildman–Crippen LogP) is 1.64. The predicted molar refractivity (Wildman–Crippen MR) is 58.6 cm³/mol. The number of nitrogen functional groups attached to an aromatic ring is 1. The first-order valence-corrected chi connectivity index (χ1v) is 5.65. The molecule has 82 valence electrons. The van der Waals surface area contributed by atoms with E-state index in [0.29, 0.717) is 5.13 Å². The lowest BCUT2D eigenvalue weighted by Crippen LogP contribution is -2.07. The Morgan fingerprint density at radius 3 is 2.80 bits per heavy atom. The van der Waals surface area contributed by atoms with Crippen LogP contribution in [0.4, 0.5) is 5.13 Å². The molecule has 1 aromatic rings. The molecule has 0 unspecified atom stereocenters. The fourth-order valence-corrected chi connectivity index (χ4v) is 2.80. The van der Waals surface area contributed by atoms with E-state index in [9.17, 15) is 4.79 Å². The Bertz CT molecular complexity index is 400. The fraction of sp³-hybridized carbons (Fsp3) is 0.600. The number of nitrogens with two attached hydrogens (primary N) is 1. The van der Waals surface area contributed by atoms with E-state index in [1.165, 1.54) is 18.4 Å². The quantitative estimate of drug-likeness (QED) is 0.778. The van der Waals surface area contributed by atoms with Gasteiger partial charge in [-0.15, -0.1) is 11.3 Å². The lowest BCUT2D eigenvalue weighted by molar-refractivity contribution is -0.143. The lowest BCUT2D eigenvalue weighted by Gasteiger charge is -1.99. The topological polar surface area (TPSA) is 65.2 Å². The van der Waals surface area contributed by atoms with Crippen LogP contribution in [-0.4, -0.2) is 18.1 Å². The molecular weight excluding hydrogens is 212 g/mol. The van der Waals surface area contributed by atoms with E-state index >= 15 is 0 Å².